The maximum absolute atomic E-state index is 10.7. The Morgan fingerprint density at radius 2 is 1.67 bits per heavy atom. The first kappa shape index (κ1) is 12.2. The van der Waals surface area contributed by atoms with Crippen LogP contribution in [0.2, 0.25) is 0 Å². The first-order chi connectivity index (χ1) is 8.66. The first-order valence-corrected chi connectivity index (χ1v) is 5.85. The van der Waals surface area contributed by atoms with Crippen molar-refractivity contribution in [2.75, 3.05) is 31.1 Å². The fourth-order valence-corrected chi connectivity index (χ4v) is 2.02. The molecule has 1 aliphatic rings. The minimum atomic E-state index is -0.752. The van der Waals surface area contributed by atoms with Crippen molar-refractivity contribution in [2.45, 2.75) is 0 Å². The number of anilines is 1. The number of hydrogen-bond donors (Lipinski definition) is 2. The molecule has 0 bridgehead atoms. The number of nitrogens with zero attached hydrogens (tertiary/aromatic N) is 3. The van der Waals surface area contributed by atoms with Gasteiger partial charge in [-0.05, 0) is 12.1 Å². The number of piperazine rings is 1. The number of nitrogens with two attached hydrogens (primary N) is 2. The predicted molar refractivity (Wildman–Crippen MR) is 71.4 cm³/mol. The molecule has 96 valence electrons. The molecule has 2 amide bonds. The van der Waals surface area contributed by atoms with Gasteiger partial charge in [-0.2, -0.15) is 4.99 Å². The number of aliphatic imine (C=N–C) groups is 1. The average Bonchev–Trinajstić information content (AvgIpc) is 2.39. The second kappa shape index (κ2) is 5.39. The normalized spacial score (nSPS) is 16.8. The molecular weight excluding hydrogens is 230 g/mol. The SMILES string of the molecule is NC(=O)N=C(N)N1CCN(c2ccccc2)CC1. The van der Waals surface area contributed by atoms with Gasteiger partial charge in [0.25, 0.3) is 0 Å². The maximum atomic E-state index is 10.7. The highest BCUT2D eigenvalue weighted by Crippen LogP contribution is 2.15. The van der Waals surface area contributed by atoms with E-state index in [0.717, 1.165) is 26.2 Å². The lowest BCUT2D eigenvalue weighted by Gasteiger charge is -2.36. The van der Waals surface area contributed by atoms with E-state index >= 15 is 0 Å². The molecule has 18 heavy (non-hydrogen) atoms. The summed E-state index contributed by atoms with van der Waals surface area (Å²) < 4.78 is 0. The molecule has 0 saturated carbocycles. The summed E-state index contributed by atoms with van der Waals surface area (Å²) in [4.78, 5) is 18.3. The number of para-hydroxylation sites is 1. The third-order valence-corrected chi connectivity index (χ3v) is 2.95. The third kappa shape index (κ3) is 2.91. The molecule has 1 fully saturated rings. The lowest BCUT2D eigenvalue weighted by atomic mass is 10.2. The molecule has 1 aromatic carbocycles. The van der Waals surface area contributed by atoms with E-state index in [0.29, 0.717) is 0 Å². The van der Waals surface area contributed by atoms with E-state index in [1.54, 1.807) is 0 Å². The van der Waals surface area contributed by atoms with Crippen LogP contribution in [0.3, 0.4) is 0 Å². The van der Waals surface area contributed by atoms with Crippen molar-refractivity contribution < 1.29 is 4.79 Å². The van der Waals surface area contributed by atoms with Crippen LogP contribution in [0.5, 0.6) is 0 Å². The summed E-state index contributed by atoms with van der Waals surface area (Å²) in [5.74, 6) is 0.204. The fourth-order valence-electron chi connectivity index (χ4n) is 2.02. The van der Waals surface area contributed by atoms with Gasteiger partial charge in [0.15, 0.2) is 0 Å². The second-order valence-electron chi connectivity index (χ2n) is 4.12. The van der Waals surface area contributed by atoms with Crippen LogP contribution in [-0.4, -0.2) is 43.1 Å². The van der Waals surface area contributed by atoms with Crippen molar-refractivity contribution in [1.82, 2.24) is 4.90 Å². The largest absolute Gasteiger partial charge is 0.369 e. The van der Waals surface area contributed by atoms with Crippen LogP contribution in [-0.2, 0) is 0 Å². The molecule has 1 heterocycles. The zero-order valence-electron chi connectivity index (χ0n) is 10.1. The Bertz CT molecular complexity index is 437. The van der Waals surface area contributed by atoms with Gasteiger partial charge in [-0.15, -0.1) is 0 Å². The van der Waals surface area contributed by atoms with Crippen LogP contribution >= 0.6 is 0 Å². The molecule has 6 nitrogen and oxygen atoms in total. The van der Waals surface area contributed by atoms with Crippen LogP contribution in [0.1, 0.15) is 0 Å². The van der Waals surface area contributed by atoms with Crippen LogP contribution in [0.25, 0.3) is 0 Å². The molecule has 0 aromatic heterocycles. The minimum absolute atomic E-state index is 0.204. The summed E-state index contributed by atoms with van der Waals surface area (Å²) in [6.45, 7) is 3.16. The Hall–Kier alpha value is -2.24. The quantitative estimate of drug-likeness (QED) is 0.548. The Kier molecular flexibility index (Phi) is 3.66. The lowest BCUT2D eigenvalue weighted by molar-refractivity contribution is 0.256. The number of carbonyl (C=O) groups is 1. The predicted octanol–water partition coefficient (Wildman–Crippen LogP) is 0.202. The number of primary amides is 1. The van der Waals surface area contributed by atoms with Gasteiger partial charge < -0.3 is 21.3 Å². The van der Waals surface area contributed by atoms with Crippen molar-refractivity contribution in [3.8, 4) is 0 Å². The molecule has 0 atom stereocenters. The molecule has 1 saturated heterocycles. The summed E-state index contributed by atoms with van der Waals surface area (Å²) in [6.07, 6.45) is 0. The highest BCUT2D eigenvalue weighted by atomic mass is 16.2. The Morgan fingerprint density at radius 3 is 2.22 bits per heavy atom. The van der Waals surface area contributed by atoms with Gasteiger partial charge >= 0.3 is 6.03 Å². The average molecular weight is 247 g/mol. The van der Waals surface area contributed by atoms with Crippen LogP contribution in [0.15, 0.2) is 35.3 Å². The van der Waals surface area contributed by atoms with Crippen molar-refractivity contribution in [2.24, 2.45) is 16.5 Å². The zero-order chi connectivity index (χ0) is 13.0. The first-order valence-electron chi connectivity index (χ1n) is 5.85. The number of guanidine groups is 1. The number of hydrogen-bond acceptors (Lipinski definition) is 2. The third-order valence-electron chi connectivity index (χ3n) is 2.95. The molecule has 1 aromatic rings. The van der Waals surface area contributed by atoms with Gasteiger partial charge in [0.2, 0.25) is 5.96 Å². The van der Waals surface area contributed by atoms with Crippen molar-refractivity contribution in [1.29, 1.82) is 0 Å². The van der Waals surface area contributed by atoms with E-state index in [-0.39, 0.29) is 5.96 Å². The van der Waals surface area contributed by atoms with Crippen LogP contribution in [0, 0.1) is 0 Å². The summed E-state index contributed by atoms with van der Waals surface area (Å²) in [6, 6.07) is 9.44. The van der Waals surface area contributed by atoms with Gasteiger partial charge in [-0.3, -0.25) is 0 Å². The molecular formula is C12H17N5O. The van der Waals surface area contributed by atoms with E-state index < -0.39 is 6.03 Å². The standard InChI is InChI=1S/C12H17N5O/c13-11(15-12(14)18)17-8-6-16(7-9-17)10-4-2-1-3-5-10/h1-5H,6-9H2,(H4,13,14,15,18). The van der Waals surface area contributed by atoms with Gasteiger partial charge in [0.1, 0.15) is 0 Å². The minimum Gasteiger partial charge on any atom is -0.369 e. The number of urea groups is 1. The molecule has 4 N–H and O–H groups in total. The number of rotatable bonds is 1. The highest BCUT2D eigenvalue weighted by molar-refractivity contribution is 5.90. The van der Waals surface area contributed by atoms with E-state index in [4.69, 9.17) is 11.5 Å². The second-order valence-corrected chi connectivity index (χ2v) is 4.12. The van der Waals surface area contributed by atoms with E-state index in [2.05, 4.69) is 22.0 Å². The molecule has 2 rings (SSSR count). The fraction of sp³-hybridized carbons (Fsp3) is 0.333. The Morgan fingerprint density at radius 1 is 1.06 bits per heavy atom. The van der Waals surface area contributed by atoms with E-state index in [1.165, 1.54) is 5.69 Å². The summed E-state index contributed by atoms with van der Waals surface area (Å²) in [5.41, 5.74) is 11.9. The Balaban J connectivity index is 1.94. The topological polar surface area (TPSA) is 87.9 Å². The van der Waals surface area contributed by atoms with Gasteiger partial charge in [-0.25, -0.2) is 4.79 Å². The number of carbonyl (C=O) groups excluding carboxylic acids is 1. The van der Waals surface area contributed by atoms with Gasteiger partial charge in [-0.1, -0.05) is 18.2 Å². The van der Waals surface area contributed by atoms with Crippen LogP contribution in [0.4, 0.5) is 10.5 Å². The smallest absolute Gasteiger partial charge is 0.341 e. The molecule has 6 heteroatoms. The molecule has 0 spiro atoms. The summed E-state index contributed by atoms with van der Waals surface area (Å²) >= 11 is 0. The van der Waals surface area contributed by atoms with E-state index in [1.807, 2.05) is 23.1 Å². The molecule has 1 aliphatic heterocycles. The number of amides is 2. The monoisotopic (exact) mass is 247 g/mol. The molecule has 0 unspecified atom stereocenters. The number of benzene rings is 1. The lowest BCUT2D eigenvalue weighted by Crippen LogP contribution is -2.51. The molecule has 0 radical (unpaired) electrons. The van der Waals surface area contributed by atoms with Crippen LogP contribution < -0.4 is 16.4 Å². The van der Waals surface area contributed by atoms with E-state index in [9.17, 15) is 4.79 Å². The highest BCUT2D eigenvalue weighted by Gasteiger charge is 2.18. The summed E-state index contributed by atoms with van der Waals surface area (Å²) in [7, 11) is 0. The van der Waals surface area contributed by atoms with Gasteiger partial charge in [0, 0.05) is 31.9 Å². The maximum Gasteiger partial charge on any atom is 0.341 e. The van der Waals surface area contributed by atoms with Crippen molar-refractivity contribution in [3.63, 3.8) is 0 Å². The molecule has 0 aliphatic carbocycles. The zero-order valence-corrected chi connectivity index (χ0v) is 10.1. The summed E-state index contributed by atoms with van der Waals surface area (Å²) in [5, 5.41) is 0. The van der Waals surface area contributed by atoms with Crippen molar-refractivity contribution >= 4 is 17.7 Å². The van der Waals surface area contributed by atoms with Crippen molar-refractivity contribution in [3.05, 3.63) is 30.3 Å². The Labute approximate surface area is 106 Å². The van der Waals surface area contributed by atoms with Gasteiger partial charge in [0.05, 0.1) is 0 Å².